The number of carbonyl (C=O) groups excluding carboxylic acids is 1. The summed E-state index contributed by atoms with van der Waals surface area (Å²) < 4.78 is 0. The second-order valence-corrected chi connectivity index (χ2v) is 9.53. The van der Waals surface area contributed by atoms with Gasteiger partial charge in [-0.2, -0.15) is 5.26 Å². The van der Waals surface area contributed by atoms with E-state index in [4.69, 9.17) is 4.98 Å². The van der Waals surface area contributed by atoms with Gasteiger partial charge in [0.25, 0.3) is 0 Å². The third-order valence-electron chi connectivity index (χ3n) is 6.84. The number of carboxylic acids is 1. The van der Waals surface area contributed by atoms with E-state index >= 15 is 0 Å². The molecule has 1 saturated carbocycles. The number of hydrogen-bond donors (Lipinski definition) is 2. The predicted octanol–water partition coefficient (Wildman–Crippen LogP) is 3.74. The lowest BCUT2D eigenvalue weighted by atomic mass is 10.0. The highest BCUT2D eigenvalue weighted by atomic mass is 16.4. The van der Waals surface area contributed by atoms with E-state index in [9.17, 15) is 20.0 Å². The van der Waals surface area contributed by atoms with Crippen molar-refractivity contribution < 1.29 is 14.7 Å². The van der Waals surface area contributed by atoms with Crippen molar-refractivity contribution in [3.05, 3.63) is 58.8 Å². The van der Waals surface area contributed by atoms with Gasteiger partial charge in [0.2, 0.25) is 5.91 Å². The molecule has 0 spiro atoms. The van der Waals surface area contributed by atoms with E-state index < -0.39 is 5.97 Å². The molecule has 2 N–H and O–H groups in total. The lowest BCUT2D eigenvalue weighted by molar-refractivity contribution is -0.132. The third kappa shape index (κ3) is 4.54. The number of rotatable bonds is 6. The van der Waals surface area contributed by atoms with Crippen LogP contribution in [0.2, 0.25) is 0 Å². The van der Waals surface area contributed by atoms with Crippen LogP contribution in [0.25, 0.3) is 11.0 Å². The van der Waals surface area contributed by atoms with Crippen LogP contribution in [0.5, 0.6) is 0 Å². The van der Waals surface area contributed by atoms with Gasteiger partial charge in [-0.3, -0.25) is 4.79 Å². The van der Waals surface area contributed by atoms with Gasteiger partial charge in [-0.25, -0.2) is 14.8 Å². The number of amides is 1. The number of anilines is 2. The molecular weight excluding hydrogens is 456 g/mol. The molecule has 9 nitrogen and oxygen atoms in total. The number of carboxylic acid groups (broad SMARTS) is 1. The fourth-order valence-corrected chi connectivity index (χ4v) is 4.78. The number of aryl methyl sites for hydroxylation is 1. The molecule has 1 aliphatic carbocycles. The van der Waals surface area contributed by atoms with Crippen molar-refractivity contribution in [3.8, 4) is 6.07 Å². The number of piperazine rings is 1. The van der Waals surface area contributed by atoms with Gasteiger partial charge in [0.15, 0.2) is 11.5 Å². The summed E-state index contributed by atoms with van der Waals surface area (Å²) in [6.07, 6.45) is 1.97. The molecule has 2 aliphatic rings. The van der Waals surface area contributed by atoms with E-state index in [1.54, 1.807) is 24.3 Å². The summed E-state index contributed by atoms with van der Waals surface area (Å²) in [4.78, 5) is 37.7. The fourth-order valence-electron chi connectivity index (χ4n) is 4.78. The number of nitriles is 1. The van der Waals surface area contributed by atoms with Crippen LogP contribution in [0, 0.1) is 24.2 Å². The minimum Gasteiger partial charge on any atom is -0.478 e. The zero-order valence-electron chi connectivity index (χ0n) is 20.4. The summed E-state index contributed by atoms with van der Waals surface area (Å²) >= 11 is 0. The third-order valence-corrected chi connectivity index (χ3v) is 6.84. The Labute approximate surface area is 209 Å². The minimum absolute atomic E-state index is 0.192. The van der Waals surface area contributed by atoms with E-state index in [2.05, 4.69) is 16.4 Å². The van der Waals surface area contributed by atoms with Crippen LogP contribution in [-0.4, -0.2) is 58.0 Å². The summed E-state index contributed by atoms with van der Waals surface area (Å²) in [5, 5.41) is 22.7. The van der Waals surface area contributed by atoms with Gasteiger partial charge >= 0.3 is 5.97 Å². The van der Waals surface area contributed by atoms with Gasteiger partial charge in [-0.1, -0.05) is 18.2 Å². The first-order valence-corrected chi connectivity index (χ1v) is 12.2. The molecule has 2 fully saturated rings. The van der Waals surface area contributed by atoms with Crippen molar-refractivity contribution >= 4 is 34.4 Å². The number of hydrogen-bond acceptors (Lipinski definition) is 7. The summed E-state index contributed by atoms with van der Waals surface area (Å²) in [7, 11) is 0. The van der Waals surface area contributed by atoms with Crippen LogP contribution >= 0.6 is 0 Å². The van der Waals surface area contributed by atoms with Gasteiger partial charge in [-0.15, -0.1) is 0 Å². The largest absolute Gasteiger partial charge is 0.478 e. The molecule has 5 rings (SSSR count). The standard InChI is InChI=1S/C27H28N6O3/c1-16-13-20(17(2)29-21-6-4-3-5-19(21)27(35)36)24-22(14-16)30-23(15-28)25(31-24)32-9-11-33(12-10-32)26(34)18-7-8-18/h3-6,13-14,17-18,29H,7-12H2,1-2H3,(H,35,36)/t17-/m1/s1. The highest BCUT2D eigenvalue weighted by molar-refractivity contribution is 5.94. The molecule has 1 saturated heterocycles. The lowest BCUT2D eigenvalue weighted by Gasteiger charge is -2.35. The number of para-hydroxylation sites is 1. The maximum Gasteiger partial charge on any atom is 0.337 e. The predicted molar refractivity (Wildman–Crippen MR) is 136 cm³/mol. The quantitative estimate of drug-likeness (QED) is 0.543. The SMILES string of the molecule is Cc1cc([C@@H](C)Nc2ccccc2C(=O)O)c2nc(N3CCN(C(=O)C4CC4)CC3)c(C#N)nc2c1. The molecule has 1 amide bonds. The lowest BCUT2D eigenvalue weighted by Crippen LogP contribution is -2.49. The van der Waals surface area contributed by atoms with E-state index in [-0.39, 0.29) is 29.1 Å². The van der Waals surface area contributed by atoms with Crippen molar-refractivity contribution in [1.29, 1.82) is 5.26 Å². The number of nitrogens with one attached hydrogen (secondary N) is 1. The number of benzene rings is 2. The van der Waals surface area contributed by atoms with Crippen LogP contribution in [0.1, 0.15) is 53.0 Å². The molecule has 36 heavy (non-hydrogen) atoms. The van der Waals surface area contributed by atoms with Gasteiger partial charge in [0, 0.05) is 43.3 Å². The first-order chi connectivity index (χ1) is 17.4. The Bertz CT molecular complexity index is 1390. The normalized spacial score (nSPS) is 16.5. The molecular formula is C27H28N6O3. The van der Waals surface area contributed by atoms with E-state index in [1.165, 1.54) is 0 Å². The van der Waals surface area contributed by atoms with E-state index in [0.717, 1.165) is 24.0 Å². The first-order valence-electron chi connectivity index (χ1n) is 12.2. The van der Waals surface area contributed by atoms with Gasteiger partial charge in [0.05, 0.1) is 22.6 Å². The molecule has 0 unspecified atom stereocenters. The Morgan fingerprint density at radius 3 is 2.53 bits per heavy atom. The topological polar surface area (TPSA) is 122 Å². The number of aromatic nitrogens is 2. The number of carbonyl (C=O) groups is 2. The molecule has 3 aromatic rings. The van der Waals surface area contributed by atoms with Crippen molar-refractivity contribution in [1.82, 2.24) is 14.9 Å². The summed E-state index contributed by atoms with van der Waals surface area (Å²) in [5.41, 5.74) is 4.09. The molecule has 1 atom stereocenters. The Kier molecular flexibility index (Phi) is 6.18. The molecule has 0 bridgehead atoms. The van der Waals surface area contributed by atoms with Crippen LogP contribution in [0.15, 0.2) is 36.4 Å². The maximum atomic E-state index is 12.5. The van der Waals surface area contributed by atoms with Crippen LogP contribution < -0.4 is 10.2 Å². The van der Waals surface area contributed by atoms with Crippen LogP contribution in [-0.2, 0) is 4.79 Å². The zero-order valence-corrected chi connectivity index (χ0v) is 20.4. The number of fused-ring (bicyclic) bond motifs is 1. The van der Waals surface area contributed by atoms with Gasteiger partial charge < -0.3 is 20.2 Å². The van der Waals surface area contributed by atoms with Crippen molar-refractivity contribution in [2.24, 2.45) is 5.92 Å². The molecule has 1 aromatic heterocycles. The Hall–Kier alpha value is -4.19. The summed E-state index contributed by atoms with van der Waals surface area (Å²) in [5.74, 6) is -0.0528. The van der Waals surface area contributed by atoms with Crippen LogP contribution in [0.4, 0.5) is 11.5 Å². The zero-order chi connectivity index (χ0) is 25.4. The highest BCUT2D eigenvalue weighted by Gasteiger charge is 2.35. The van der Waals surface area contributed by atoms with E-state index in [1.807, 2.05) is 35.8 Å². The smallest absolute Gasteiger partial charge is 0.337 e. The summed E-state index contributed by atoms with van der Waals surface area (Å²) in [6, 6.07) is 12.6. The fraction of sp³-hybridized carbons (Fsp3) is 0.370. The van der Waals surface area contributed by atoms with Crippen molar-refractivity contribution in [2.45, 2.75) is 32.7 Å². The Morgan fingerprint density at radius 2 is 1.86 bits per heavy atom. The molecule has 184 valence electrons. The Morgan fingerprint density at radius 1 is 1.14 bits per heavy atom. The highest BCUT2D eigenvalue weighted by Crippen LogP contribution is 2.33. The molecule has 2 heterocycles. The first kappa shape index (κ1) is 23.5. The minimum atomic E-state index is -1.00. The van der Waals surface area contributed by atoms with Crippen LogP contribution in [0.3, 0.4) is 0 Å². The van der Waals surface area contributed by atoms with Crippen molar-refractivity contribution in [3.63, 3.8) is 0 Å². The molecule has 1 aliphatic heterocycles. The monoisotopic (exact) mass is 484 g/mol. The number of nitrogens with zero attached hydrogens (tertiary/aromatic N) is 5. The van der Waals surface area contributed by atoms with E-state index in [0.29, 0.717) is 48.7 Å². The Balaban J connectivity index is 1.48. The molecule has 9 heteroatoms. The molecule has 0 radical (unpaired) electrons. The average molecular weight is 485 g/mol. The average Bonchev–Trinajstić information content (AvgIpc) is 3.73. The van der Waals surface area contributed by atoms with Gasteiger partial charge in [-0.05, 0) is 50.5 Å². The van der Waals surface area contributed by atoms with Gasteiger partial charge in [0.1, 0.15) is 6.07 Å². The second-order valence-electron chi connectivity index (χ2n) is 9.53. The number of aromatic carboxylic acids is 1. The van der Waals surface area contributed by atoms with Crippen molar-refractivity contribution in [2.75, 3.05) is 36.4 Å². The molecule has 2 aromatic carbocycles. The second kappa shape index (κ2) is 9.46. The summed E-state index contributed by atoms with van der Waals surface area (Å²) in [6.45, 7) is 6.30. The maximum absolute atomic E-state index is 12.5.